The van der Waals surface area contributed by atoms with E-state index in [4.69, 9.17) is 37.9 Å². The molecule has 220 valence electrons. The van der Waals surface area contributed by atoms with E-state index in [-0.39, 0.29) is 18.5 Å². The van der Waals surface area contributed by atoms with Crippen LogP contribution in [0.3, 0.4) is 0 Å². The quantitative estimate of drug-likeness (QED) is 0.125. The third-order valence-electron chi connectivity index (χ3n) is 5.93. The summed E-state index contributed by atoms with van der Waals surface area (Å²) in [7, 11) is 0. The summed E-state index contributed by atoms with van der Waals surface area (Å²) in [5.41, 5.74) is 0. The van der Waals surface area contributed by atoms with Gasteiger partial charge >= 0.3 is 5.97 Å². The van der Waals surface area contributed by atoms with Gasteiger partial charge in [0, 0.05) is 0 Å². The van der Waals surface area contributed by atoms with Crippen LogP contribution in [0.4, 0.5) is 0 Å². The molecule has 10 nitrogen and oxygen atoms in total. The van der Waals surface area contributed by atoms with Gasteiger partial charge in [-0.05, 0) is 38.8 Å². The third kappa shape index (κ3) is 21.7. The van der Waals surface area contributed by atoms with Gasteiger partial charge in [-0.15, -0.1) is 0 Å². The first-order valence-corrected chi connectivity index (χ1v) is 14.2. The second-order valence-electron chi connectivity index (χ2n) is 8.91. The van der Waals surface area contributed by atoms with Gasteiger partial charge in [-0.2, -0.15) is 0 Å². The van der Waals surface area contributed by atoms with Crippen LogP contribution in [-0.2, 0) is 42.7 Å². The molecule has 1 heterocycles. The molecule has 0 aromatic rings. The van der Waals surface area contributed by atoms with Crippen molar-refractivity contribution >= 4 is 5.97 Å². The zero-order valence-electron chi connectivity index (χ0n) is 23.4. The molecule has 1 rings (SSSR count). The Balaban J connectivity index is 1.69. The van der Waals surface area contributed by atoms with Gasteiger partial charge in [-0.3, -0.25) is 4.79 Å². The molecule has 0 radical (unpaired) electrons. The summed E-state index contributed by atoms with van der Waals surface area (Å²) in [5.74, 6) is -0.106. The maximum atomic E-state index is 12.0. The molecular formula is C27H53NO9. The monoisotopic (exact) mass is 535 g/mol. The Kier molecular flexibility index (Phi) is 24.7. The van der Waals surface area contributed by atoms with Crippen molar-refractivity contribution in [1.29, 1.82) is 0 Å². The highest BCUT2D eigenvalue weighted by molar-refractivity contribution is 5.72. The molecule has 1 fully saturated rings. The summed E-state index contributed by atoms with van der Waals surface area (Å²) < 4.78 is 43.9. The maximum Gasteiger partial charge on any atom is 0.308 e. The topological polar surface area (TPSA) is 103 Å². The van der Waals surface area contributed by atoms with E-state index in [1.807, 2.05) is 6.92 Å². The summed E-state index contributed by atoms with van der Waals surface area (Å²) >= 11 is 0. The van der Waals surface area contributed by atoms with E-state index >= 15 is 0 Å². The molecule has 1 saturated heterocycles. The predicted molar refractivity (Wildman–Crippen MR) is 141 cm³/mol. The summed E-state index contributed by atoms with van der Waals surface area (Å²) in [5, 5.41) is 3.32. The highest BCUT2D eigenvalue weighted by Crippen LogP contribution is 2.14. The Bertz CT molecular complexity index is 492. The lowest BCUT2D eigenvalue weighted by molar-refractivity contribution is -0.150. The Morgan fingerprint density at radius 3 is 1.54 bits per heavy atom. The number of carbonyl (C=O) groups is 1. The van der Waals surface area contributed by atoms with Gasteiger partial charge in [0.2, 0.25) is 0 Å². The van der Waals surface area contributed by atoms with Crippen molar-refractivity contribution in [3.63, 3.8) is 0 Å². The van der Waals surface area contributed by atoms with Crippen LogP contribution in [0.25, 0.3) is 0 Å². The van der Waals surface area contributed by atoms with Crippen LogP contribution in [-0.4, -0.2) is 118 Å². The smallest absolute Gasteiger partial charge is 0.308 e. The molecule has 1 atom stereocenters. The van der Waals surface area contributed by atoms with E-state index in [1.165, 1.54) is 0 Å². The van der Waals surface area contributed by atoms with Gasteiger partial charge < -0.3 is 43.2 Å². The second kappa shape index (κ2) is 26.7. The Morgan fingerprint density at radius 2 is 1.11 bits per heavy atom. The van der Waals surface area contributed by atoms with E-state index in [2.05, 4.69) is 12.2 Å². The van der Waals surface area contributed by atoms with Crippen molar-refractivity contribution in [3.8, 4) is 0 Å². The fourth-order valence-electron chi connectivity index (χ4n) is 3.70. The number of ether oxygens (including phenoxy) is 8. The van der Waals surface area contributed by atoms with Gasteiger partial charge in [0.25, 0.3) is 0 Å². The first kappa shape index (κ1) is 34.2. The van der Waals surface area contributed by atoms with Crippen molar-refractivity contribution in [1.82, 2.24) is 5.32 Å². The number of carbonyl (C=O) groups excluding carboxylic acids is 1. The average Bonchev–Trinajstić information content (AvgIpc) is 2.92. The van der Waals surface area contributed by atoms with Crippen LogP contribution in [0.5, 0.6) is 0 Å². The minimum Gasteiger partial charge on any atom is -0.463 e. The molecule has 0 aliphatic carbocycles. The fourth-order valence-corrected chi connectivity index (χ4v) is 3.70. The minimum atomic E-state index is -0.112. The lowest BCUT2D eigenvalue weighted by Gasteiger charge is -2.22. The fraction of sp³-hybridized carbons (Fsp3) is 0.963. The summed E-state index contributed by atoms with van der Waals surface area (Å²) in [6, 6.07) is 0. The minimum absolute atomic E-state index is 0.00647. The number of unbranched alkanes of at least 4 members (excludes halogenated alkanes) is 1. The van der Waals surface area contributed by atoms with E-state index in [1.54, 1.807) is 0 Å². The number of hydrogen-bond acceptors (Lipinski definition) is 10. The SMILES string of the molecule is CCCCC(CC)C(=O)OCCOCCOCCOCCOCCOCCOCCOC1CCNCC1. The van der Waals surface area contributed by atoms with Gasteiger partial charge in [-0.1, -0.05) is 26.7 Å². The molecule has 0 aromatic carbocycles. The predicted octanol–water partition coefficient (Wildman–Crippen LogP) is 2.61. The Hall–Kier alpha value is -0.850. The lowest BCUT2D eigenvalue weighted by atomic mass is 10.00. The normalized spacial score (nSPS) is 15.2. The van der Waals surface area contributed by atoms with Crippen LogP contribution in [0, 0.1) is 5.92 Å². The summed E-state index contributed by atoms with van der Waals surface area (Å²) in [4.78, 5) is 12.0. The van der Waals surface area contributed by atoms with Crippen molar-refractivity contribution in [3.05, 3.63) is 0 Å². The number of rotatable bonds is 27. The third-order valence-corrected chi connectivity index (χ3v) is 5.93. The van der Waals surface area contributed by atoms with Gasteiger partial charge in [0.15, 0.2) is 0 Å². The van der Waals surface area contributed by atoms with Crippen LogP contribution >= 0.6 is 0 Å². The van der Waals surface area contributed by atoms with Gasteiger partial charge in [0.1, 0.15) is 6.61 Å². The molecule has 1 N–H and O–H groups in total. The molecule has 1 aliphatic heterocycles. The molecule has 0 saturated carbocycles. The van der Waals surface area contributed by atoms with E-state index < -0.39 is 0 Å². The van der Waals surface area contributed by atoms with Crippen molar-refractivity contribution in [2.24, 2.45) is 5.92 Å². The van der Waals surface area contributed by atoms with Crippen LogP contribution in [0.2, 0.25) is 0 Å². The van der Waals surface area contributed by atoms with Gasteiger partial charge in [-0.25, -0.2) is 0 Å². The molecule has 37 heavy (non-hydrogen) atoms. The summed E-state index contributed by atoms with van der Waals surface area (Å²) in [6.45, 7) is 13.3. The highest BCUT2D eigenvalue weighted by atomic mass is 16.6. The first-order chi connectivity index (χ1) is 18.3. The van der Waals surface area contributed by atoms with E-state index in [0.29, 0.717) is 92.0 Å². The van der Waals surface area contributed by atoms with Crippen molar-refractivity contribution in [2.45, 2.75) is 58.5 Å². The zero-order valence-corrected chi connectivity index (χ0v) is 23.4. The van der Waals surface area contributed by atoms with Crippen molar-refractivity contribution in [2.75, 3.05) is 106 Å². The molecule has 0 bridgehead atoms. The van der Waals surface area contributed by atoms with Crippen LogP contribution in [0.1, 0.15) is 52.4 Å². The first-order valence-electron chi connectivity index (χ1n) is 14.2. The average molecular weight is 536 g/mol. The van der Waals surface area contributed by atoms with Gasteiger partial charge in [0.05, 0.1) is 97.9 Å². The highest BCUT2D eigenvalue weighted by Gasteiger charge is 2.17. The van der Waals surface area contributed by atoms with E-state index in [9.17, 15) is 4.79 Å². The van der Waals surface area contributed by atoms with Crippen LogP contribution in [0.15, 0.2) is 0 Å². The number of piperidine rings is 1. The lowest BCUT2D eigenvalue weighted by Crippen LogP contribution is -2.33. The molecule has 0 aromatic heterocycles. The largest absolute Gasteiger partial charge is 0.463 e. The molecule has 0 amide bonds. The molecular weight excluding hydrogens is 482 g/mol. The van der Waals surface area contributed by atoms with Crippen LogP contribution < -0.4 is 5.32 Å². The number of esters is 1. The zero-order chi connectivity index (χ0) is 26.7. The maximum absolute atomic E-state index is 12.0. The standard InChI is InChI=1S/C27H53NO9/c1-3-5-6-25(4-2)27(29)37-24-22-35-20-18-33-16-14-31-12-11-30-13-15-32-17-19-34-21-23-36-26-7-9-28-10-8-26/h25-26,28H,3-24H2,1-2H3. The number of nitrogens with one attached hydrogen (secondary N) is 1. The molecule has 1 unspecified atom stereocenters. The molecule has 10 heteroatoms. The van der Waals surface area contributed by atoms with Crippen molar-refractivity contribution < 1.29 is 42.7 Å². The molecule has 0 spiro atoms. The number of hydrogen-bond donors (Lipinski definition) is 1. The summed E-state index contributed by atoms with van der Waals surface area (Å²) in [6.07, 6.45) is 6.40. The Labute approximate surface area is 224 Å². The Morgan fingerprint density at radius 1 is 0.676 bits per heavy atom. The van der Waals surface area contributed by atoms with E-state index in [0.717, 1.165) is 51.6 Å². The second-order valence-corrected chi connectivity index (χ2v) is 8.91. The molecule has 1 aliphatic rings.